The molecule has 14 heavy (non-hydrogen) atoms. The Labute approximate surface area is 101 Å². The molecular formula is C8H10HgO3S2. The minimum absolute atomic E-state index is 0.434. The standard InChI is InChI=1S/C6H6O3S2.C2H5.Hg/c7-11(8)9-5-1-3-6(10)4-2-5;1-2;/h1-4,10H,(H,7,8);1H2,2H3;/q;;+1/p-1. The molecule has 0 spiro atoms. The predicted molar refractivity (Wildman–Crippen MR) is 54.2 cm³/mol. The monoisotopic (exact) mass is 420 g/mol. The molecule has 0 amide bonds. The van der Waals surface area contributed by atoms with Gasteiger partial charge < -0.3 is 0 Å². The number of hydrogen-bond donors (Lipinski definition) is 1. The van der Waals surface area contributed by atoms with Gasteiger partial charge in [0.1, 0.15) is 0 Å². The molecule has 0 aliphatic heterocycles. The summed E-state index contributed by atoms with van der Waals surface area (Å²) in [7, 11) is 1.98. The summed E-state index contributed by atoms with van der Waals surface area (Å²) >= 11 is -2.94. The van der Waals surface area contributed by atoms with Crippen molar-refractivity contribution >= 4 is 19.6 Å². The summed E-state index contributed by atoms with van der Waals surface area (Å²) in [6, 6.07) is 7.31. The fourth-order valence-corrected chi connectivity index (χ4v) is 9.31. The first-order valence-corrected chi connectivity index (χ1v) is 16.9. The maximum atomic E-state index is 10.3. The van der Waals surface area contributed by atoms with E-state index in [2.05, 4.69) is 11.1 Å². The Morgan fingerprint density at radius 3 is 2.64 bits per heavy atom. The summed E-state index contributed by atoms with van der Waals surface area (Å²) in [4.78, 5) is 1.24. The molecular weight excluding hydrogens is 409 g/mol. The van der Waals surface area contributed by atoms with E-state index in [1.54, 1.807) is 12.1 Å². The van der Waals surface area contributed by atoms with Crippen molar-refractivity contribution in [1.29, 1.82) is 0 Å². The topological polar surface area (TPSA) is 46.5 Å². The minimum atomic E-state index is -2.22. The van der Waals surface area contributed by atoms with Gasteiger partial charge in [0.15, 0.2) is 0 Å². The van der Waals surface area contributed by atoms with Crippen LogP contribution < -0.4 is 4.18 Å². The molecule has 1 rings (SSSR count). The molecule has 0 saturated carbocycles. The normalized spacial score (nSPS) is 11.9. The van der Waals surface area contributed by atoms with Gasteiger partial charge in [-0.15, -0.1) is 0 Å². The quantitative estimate of drug-likeness (QED) is 0.590. The van der Waals surface area contributed by atoms with E-state index >= 15 is 0 Å². The van der Waals surface area contributed by atoms with Crippen molar-refractivity contribution in [3.05, 3.63) is 24.3 Å². The van der Waals surface area contributed by atoms with Crippen LogP contribution in [0.4, 0.5) is 0 Å². The first kappa shape index (κ1) is 12.5. The van der Waals surface area contributed by atoms with Crippen molar-refractivity contribution < 1.29 is 36.0 Å². The molecule has 74 valence electrons. The van der Waals surface area contributed by atoms with Crippen LogP contribution in [0.1, 0.15) is 6.92 Å². The van der Waals surface area contributed by atoms with Crippen LogP contribution in [0.25, 0.3) is 0 Å². The summed E-state index contributed by atoms with van der Waals surface area (Å²) in [6.45, 7) is 2.22. The Kier molecular flexibility index (Phi) is 6.08. The molecule has 0 bridgehead atoms. The van der Waals surface area contributed by atoms with Crippen molar-refractivity contribution in [2.75, 3.05) is 0 Å². The molecule has 0 aromatic heterocycles. The molecule has 1 N–H and O–H groups in total. The molecule has 3 nitrogen and oxygen atoms in total. The van der Waals surface area contributed by atoms with Gasteiger partial charge in [0.2, 0.25) is 0 Å². The summed E-state index contributed by atoms with van der Waals surface area (Å²) in [5.41, 5.74) is 0. The van der Waals surface area contributed by atoms with Crippen molar-refractivity contribution in [2.24, 2.45) is 0 Å². The van der Waals surface area contributed by atoms with Gasteiger partial charge in [0.25, 0.3) is 0 Å². The van der Waals surface area contributed by atoms with Crippen molar-refractivity contribution in [2.45, 2.75) is 15.7 Å². The second-order valence-electron chi connectivity index (χ2n) is 2.62. The fourth-order valence-electron chi connectivity index (χ4n) is 0.894. The molecule has 1 aromatic rings. The molecule has 0 radical (unpaired) electrons. The van der Waals surface area contributed by atoms with Crippen LogP contribution >= 0.6 is 8.24 Å². The van der Waals surface area contributed by atoms with Crippen LogP contribution in [0, 0.1) is 0 Å². The van der Waals surface area contributed by atoms with Gasteiger partial charge in [0.05, 0.1) is 0 Å². The summed E-state index contributed by atoms with van der Waals surface area (Å²) in [5, 5.41) is 0. The molecule has 0 fully saturated rings. The summed E-state index contributed by atoms with van der Waals surface area (Å²) in [5.74, 6) is 0.434. The molecule has 1 atom stereocenters. The van der Waals surface area contributed by atoms with E-state index in [-0.39, 0.29) is 0 Å². The van der Waals surface area contributed by atoms with Crippen LogP contribution in [-0.4, -0.2) is 8.76 Å². The molecule has 0 aliphatic rings. The predicted octanol–water partition coefficient (Wildman–Crippen LogP) is 2.73. The molecule has 0 heterocycles. The number of rotatable bonds is 5. The van der Waals surface area contributed by atoms with Gasteiger partial charge in [-0.1, -0.05) is 0 Å². The zero-order valence-electron chi connectivity index (χ0n) is 7.80. The SMILES string of the molecule is C[CH2][Hg][S]c1ccc(OS(=O)O)cc1. The van der Waals surface area contributed by atoms with E-state index < -0.39 is 34.4 Å². The molecule has 0 aliphatic carbocycles. The van der Waals surface area contributed by atoms with Crippen LogP contribution in [0.15, 0.2) is 29.2 Å². The van der Waals surface area contributed by atoms with Crippen molar-refractivity contribution in [3.8, 4) is 5.75 Å². The van der Waals surface area contributed by atoms with Crippen LogP contribution in [0.2, 0.25) is 3.93 Å². The van der Waals surface area contributed by atoms with E-state index in [1.165, 1.54) is 8.83 Å². The zero-order chi connectivity index (χ0) is 10.4. The zero-order valence-corrected chi connectivity index (χ0v) is 14.9. The van der Waals surface area contributed by atoms with Crippen molar-refractivity contribution in [3.63, 3.8) is 0 Å². The van der Waals surface area contributed by atoms with Gasteiger partial charge in [-0.3, -0.25) is 0 Å². The summed E-state index contributed by atoms with van der Waals surface area (Å²) < 4.78 is 24.8. The molecule has 0 saturated heterocycles. The first-order valence-electron chi connectivity index (χ1n) is 4.24. The molecule has 1 unspecified atom stereocenters. The van der Waals surface area contributed by atoms with Crippen molar-refractivity contribution in [1.82, 2.24) is 0 Å². The van der Waals surface area contributed by atoms with E-state index in [9.17, 15) is 4.21 Å². The van der Waals surface area contributed by atoms with Crippen LogP contribution in [0.5, 0.6) is 5.75 Å². The second kappa shape index (κ2) is 6.82. The maximum absolute atomic E-state index is 10.3. The van der Waals surface area contributed by atoms with E-state index in [4.69, 9.17) is 4.55 Å². The first-order chi connectivity index (χ1) is 6.72. The van der Waals surface area contributed by atoms with E-state index in [1.807, 2.05) is 20.4 Å². The van der Waals surface area contributed by atoms with Crippen LogP contribution in [0.3, 0.4) is 0 Å². The Bertz CT molecular complexity index is 302. The average Bonchev–Trinajstić information content (AvgIpc) is 2.16. The second-order valence-corrected chi connectivity index (χ2v) is 16.4. The third-order valence-electron chi connectivity index (χ3n) is 1.46. The van der Waals surface area contributed by atoms with E-state index in [0.29, 0.717) is 5.75 Å². The Morgan fingerprint density at radius 1 is 1.50 bits per heavy atom. The van der Waals surface area contributed by atoms with Gasteiger partial charge in [-0.25, -0.2) is 0 Å². The Morgan fingerprint density at radius 2 is 2.14 bits per heavy atom. The Balaban J connectivity index is 2.54. The van der Waals surface area contributed by atoms with Gasteiger partial charge in [0, 0.05) is 0 Å². The van der Waals surface area contributed by atoms with Gasteiger partial charge in [-0.05, 0) is 0 Å². The van der Waals surface area contributed by atoms with Gasteiger partial charge in [-0.2, -0.15) is 0 Å². The third kappa shape index (κ3) is 4.77. The molecule has 6 heteroatoms. The molecule has 1 aromatic carbocycles. The van der Waals surface area contributed by atoms with Crippen LogP contribution in [-0.2, 0) is 34.4 Å². The third-order valence-corrected chi connectivity index (χ3v) is 14.0. The van der Waals surface area contributed by atoms with Gasteiger partial charge >= 0.3 is 101 Å². The summed E-state index contributed by atoms with van der Waals surface area (Å²) in [6.07, 6.45) is 0. The average molecular weight is 419 g/mol. The Hall–Kier alpha value is 0.415. The fraction of sp³-hybridized carbons (Fsp3) is 0.250. The number of benzene rings is 1. The van der Waals surface area contributed by atoms with E-state index in [0.717, 1.165) is 0 Å². The number of hydrogen-bond acceptors (Lipinski definition) is 3.